The molecule has 2 N–H and O–H groups in total. The maximum atomic E-state index is 13.3. The molecule has 3 rings (SSSR count). The number of benzene rings is 3. The normalized spacial score (nSPS) is 10.6. The summed E-state index contributed by atoms with van der Waals surface area (Å²) in [6.45, 7) is 5.70. The molecule has 0 spiro atoms. The van der Waals surface area contributed by atoms with Crippen molar-refractivity contribution in [2.45, 2.75) is 20.8 Å². The van der Waals surface area contributed by atoms with Gasteiger partial charge in [-0.05, 0) is 67.8 Å². The number of carbonyl (C=O) groups excluding carboxylic acids is 1. The van der Waals surface area contributed by atoms with Crippen LogP contribution in [0.2, 0.25) is 0 Å². The molecule has 0 aliphatic heterocycles. The summed E-state index contributed by atoms with van der Waals surface area (Å²) in [5.74, 6) is -0.228. The molecule has 0 heterocycles. The molecular weight excluding hydrogens is 391 g/mol. The lowest BCUT2D eigenvalue weighted by molar-refractivity contribution is 0.0687. The highest BCUT2D eigenvalue weighted by molar-refractivity contribution is 7.50. The fraction of sp³-hybridized carbons (Fsp3) is 0.136. The smallest absolute Gasteiger partial charge is 0.412 e. The Balaban J connectivity index is 0.00000300. The molecule has 0 saturated heterocycles. The van der Waals surface area contributed by atoms with E-state index in [9.17, 15) is 9.36 Å². The minimum Gasteiger partial charge on any atom is -0.412 e. The number of phosphoric ester groups is 1. The molecular formula is C22H23O6P. The maximum Gasteiger partial charge on any atom is 0.649 e. The van der Waals surface area contributed by atoms with Crippen LogP contribution in [0.5, 0.6) is 11.5 Å². The molecule has 0 amide bonds. The Bertz CT molecular complexity index is 973. The predicted molar refractivity (Wildman–Crippen MR) is 111 cm³/mol. The summed E-state index contributed by atoms with van der Waals surface area (Å²) < 4.78 is 29.6. The molecule has 6 nitrogen and oxygen atoms in total. The van der Waals surface area contributed by atoms with E-state index in [0.717, 1.165) is 16.7 Å². The van der Waals surface area contributed by atoms with E-state index in [-0.39, 0.29) is 17.0 Å². The Morgan fingerprint density at radius 2 is 1.21 bits per heavy atom. The van der Waals surface area contributed by atoms with Gasteiger partial charge in [0.1, 0.15) is 11.5 Å². The van der Waals surface area contributed by atoms with Crippen molar-refractivity contribution in [1.82, 2.24) is 0 Å². The molecule has 0 bridgehead atoms. The van der Waals surface area contributed by atoms with Crippen LogP contribution in [0.4, 0.5) is 0 Å². The molecule has 0 saturated carbocycles. The van der Waals surface area contributed by atoms with Crippen molar-refractivity contribution < 1.29 is 28.4 Å². The highest BCUT2D eigenvalue weighted by atomic mass is 31.2. The van der Waals surface area contributed by atoms with E-state index in [2.05, 4.69) is 0 Å². The topological polar surface area (TPSA) is 93.3 Å². The number of aryl methyl sites for hydroxylation is 1. The van der Waals surface area contributed by atoms with Gasteiger partial charge in [-0.15, -0.1) is 0 Å². The molecule has 0 aromatic heterocycles. The van der Waals surface area contributed by atoms with Gasteiger partial charge in [-0.25, -0.2) is 4.79 Å². The van der Waals surface area contributed by atoms with E-state index in [1.165, 1.54) is 0 Å². The molecule has 0 fully saturated rings. The van der Waals surface area contributed by atoms with Crippen LogP contribution in [0.15, 0.2) is 72.8 Å². The SMILES string of the molecule is Cc1ccc(C(=O)OP(=O)(Oc2ccccc2)Oc2ccccc2)c(C)c1C.O. The molecule has 0 aliphatic carbocycles. The Labute approximate surface area is 170 Å². The molecule has 0 atom stereocenters. The van der Waals surface area contributed by atoms with Crippen LogP contribution in [-0.2, 0) is 9.09 Å². The lowest BCUT2D eigenvalue weighted by atomic mass is 9.99. The lowest BCUT2D eigenvalue weighted by Crippen LogP contribution is -2.13. The van der Waals surface area contributed by atoms with Gasteiger partial charge in [-0.1, -0.05) is 42.5 Å². The van der Waals surface area contributed by atoms with Crippen molar-refractivity contribution in [3.8, 4) is 11.5 Å². The minimum atomic E-state index is -4.28. The summed E-state index contributed by atoms with van der Waals surface area (Å²) in [7, 11) is -4.28. The Morgan fingerprint density at radius 1 is 0.724 bits per heavy atom. The number of hydrogen-bond acceptors (Lipinski definition) is 5. The van der Waals surface area contributed by atoms with Gasteiger partial charge >= 0.3 is 13.8 Å². The summed E-state index contributed by atoms with van der Waals surface area (Å²) in [5.41, 5.74) is 3.10. The molecule has 0 radical (unpaired) electrons. The van der Waals surface area contributed by atoms with Crippen molar-refractivity contribution in [3.05, 3.63) is 95.1 Å². The van der Waals surface area contributed by atoms with Gasteiger partial charge in [0.2, 0.25) is 0 Å². The Hall–Kier alpha value is -3.08. The van der Waals surface area contributed by atoms with Gasteiger partial charge in [-0.3, -0.25) is 0 Å². The van der Waals surface area contributed by atoms with Crippen LogP contribution in [0.25, 0.3) is 0 Å². The van der Waals surface area contributed by atoms with Crippen LogP contribution in [-0.4, -0.2) is 11.4 Å². The number of carbonyl (C=O) groups is 1. The average molecular weight is 414 g/mol. The molecule has 3 aromatic rings. The van der Waals surface area contributed by atoms with Crippen LogP contribution < -0.4 is 9.05 Å². The van der Waals surface area contributed by atoms with Gasteiger partial charge in [-0.2, -0.15) is 4.57 Å². The first-order valence-corrected chi connectivity index (χ1v) is 10.2. The third-order valence-corrected chi connectivity index (χ3v) is 5.65. The van der Waals surface area contributed by atoms with Gasteiger partial charge in [0.25, 0.3) is 0 Å². The Kier molecular flexibility index (Phi) is 7.21. The average Bonchev–Trinajstić information content (AvgIpc) is 2.67. The third-order valence-electron chi connectivity index (χ3n) is 4.39. The van der Waals surface area contributed by atoms with Crippen molar-refractivity contribution in [2.24, 2.45) is 0 Å². The van der Waals surface area contributed by atoms with Gasteiger partial charge in [0, 0.05) is 0 Å². The number of hydrogen-bond donors (Lipinski definition) is 0. The van der Waals surface area contributed by atoms with E-state index in [0.29, 0.717) is 5.56 Å². The molecule has 7 heteroatoms. The summed E-state index contributed by atoms with van der Waals surface area (Å²) >= 11 is 0. The van der Waals surface area contributed by atoms with Crippen molar-refractivity contribution >= 4 is 13.8 Å². The largest absolute Gasteiger partial charge is 0.649 e. The van der Waals surface area contributed by atoms with E-state index < -0.39 is 13.8 Å². The summed E-state index contributed by atoms with van der Waals surface area (Å²) in [5, 5.41) is 0. The lowest BCUT2D eigenvalue weighted by Gasteiger charge is -2.19. The molecule has 29 heavy (non-hydrogen) atoms. The van der Waals surface area contributed by atoms with Crippen LogP contribution in [0.3, 0.4) is 0 Å². The molecule has 0 aliphatic rings. The highest BCUT2D eigenvalue weighted by Crippen LogP contribution is 2.50. The summed E-state index contributed by atoms with van der Waals surface area (Å²) in [6.07, 6.45) is 0. The van der Waals surface area contributed by atoms with Crippen LogP contribution in [0.1, 0.15) is 27.0 Å². The van der Waals surface area contributed by atoms with Crippen LogP contribution in [0, 0.1) is 20.8 Å². The van der Waals surface area contributed by atoms with Crippen LogP contribution >= 0.6 is 7.82 Å². The minimum absolute atomic E-state index is 0. The molecule has 152 valence electrons. The van der Waals surface area contributed by atoms with E-state index >= 15 is 0 Å². The van der Waals surface area contributed by atoms with Gasteiger partial charge in [0.15, 0.2) is 0 Å². The number of phosphoric acid groups is 1. The van der Waals surface area contributed by atoms with E-state index in [1.54, 1.807) is 66.7 Å². The van der Waals surface area contributed by atoms with Gasteiger partial charge in [0.05, 0.1) is 5.56 Å². The first-order valence-electron chi connectivity index (χ1n) is 8.78. The van der Waals surface area contributed by atoms with E-state index in [4.69, 9.17) is 13.6 Å². The van der Waals surface area contributed by atoms with Crippen molar-refractivity contribution in [2.75, 3.05) is 0 Å². The highest BCUT2D eigenvalue weighted by Gasteiger charge is 2.36. The second-order valence-corrected chi connectivity index (χ2v) is 7.76. The van der Waals surface area contributed by atoms with Crippen molar-refractivity contribution in [1.29, 1.82) is 0 Å². The molecule has 0 unspecified atom stereocenters. The fourth-order valence-corrected chi connectivity index (χ4v) is 3.78. The molecule has 3 aromatic carbocycles. The maximum absolute atomic E-state index is 13.3. The monoisotopic (exact) mass is 414 g/mol. The zero-order chi connectivity index (χ0) is 20.1. The zero-order valence-corrected chi connectivity index (χ0v) is 17.3. The van der Waals surface area contributed by atoms with Crippen molar-refractivity contribution in [3.63, 3.8) is 0 Å². The Morgan fingerprint density at radius 3 is 1.69 bits per heavy atom. The second kappa shape index (κ2) is 9.41. The summed E-state index contributed by atoms with van der Waals surface area (Å²) in [6, 6.07) is 20.4. The first-order chi connectivity index (χ1) is 13.4. The standard InChI is InChI=1S/C22H21O5P.H2O/c1-16-14-15-21(18(3)17(16)2)22(23)27-28(24,25-19-10-6-4-7-11-19)26-20-12-8-5-9-13-20;/h4-15H,1-3H3;1H2. The predicted octanol–water partition coefficient (Wildman–Crippen LogP) is 5.21. The van der Waals surface area contributed by atoms with E-state index in [1.807, 2.05) is 26.8 Å². The zero-order valence-electron chi connectivity index (χ0n) is 16.4. The number of rotatable bonds is 6. The summed E-state index contributed by atoms with van der Waals surface area (Å²) in [4.78, 5) is 12.8. The number of para-hydroxylation sites is 2. The first kappa shape index (κ1) is 22.2. The third kappa shape index (κ3) is 5.47. The quantitative estimate of drug-likeness (QED) is 0.516. The van der Waals surface area contributed by atoms with Gasteiger partial charge < -0.3 is 19.0 Å². The second-order valence-electron chi connectivity index (χ2n) is 6.31. The fourth-order valence-electron chi connectivity index (χ4n) is 2.60.